The lowest BCUT2D eigenvalue weighted by Gasteiger charge is -2.09. The quantitative estimate of drug-likeness (QED) is 0.766. The topological polar surface area (TPSA) is 49.8 Å². The fourth-order valence-electron chi connectivity index (χ4n) is 1.59. The second kappa shape index (κ2) is 6.59. The Balaban J connectivity index is 2.47. The Bertz CT molecular complexity index is 420. The van der Waals surface area contributed by atoms with Gasteiger partial charge in [-0.2, -0.15) is 0 Å². The van der Waals surface area contributed by atoms with Gasteiger partial charge in [0.05, 0.1) is 0 Å². The van der Waals surface area contributed by atoms with Gasteiger partial charge in [0, 0.05) is 31.4 Å². The third-order valence-electron chi connectivity index (χ3n) is 2.59. The highest BCUT2D eigenvalue weighted by atomic mass is 32.1. The average molecular weight is 255 g/mol. The van der Waals surface area contributed by atoms with E-state index in [2.05, 4.69) is 31.1 Å². The minimum absolute atomic E-state index is 0.0869. The van der Waals surface area contributed by atoms with E-state index in [-0.39, 0.29) is 5.91 Å². The molecular formula is C12H21N3OS. The van der Waals surface area contributed by atoms with Crippen molar-refractivity contribution in [1.82, 2.24) is 14.9 Å². The van der Waals surface area contributed by atoms with Crippen LogP contribution in [0.25, 0.3) is 0 Å². The molecule has 1 aromatic rings. The molecule has 5 heteroatoms. The number of hydrogen-bond donors (Lipinski definition) is 2. The summed E-state index contributed by atoms with van der Waals surface area (Å²) in [5.74, 6) is 0.573. The van der Waals surface area contributed by atoms with E-state index in [1.54, 1.807) is 0 Å². The molecule has 0 radical (unpaired) electrons. The van der Waals surface area contributed by atoms with Crippen LogP contribution in [0.2, 0.25) is 0 Å². The van der Waals surface area contributed by atoms with Crippen LogP contribution in [0, 0.1) is 10.7 Å². The fraction of sp³-hybridized carbons (Fsp3) is 0.667. The molecule has 4 nitrogen and oxygen atoms in total. The number of nitrogens with one attached hydrogen (secondary N) is 2. The van der Waals surface area contributed by atoms with E-state index in [0.717, 1.165) is 18.7 Å². The maximum atomic E-state index is 11.6. The summed E-state index contributed by atoms with van der Waals surface area (Å²) in [6, 6.07) is 0. The first kappa shape index (κ1) is 14.0. The van der Waals surface area contributed by atoms with Crippen LogP contribution in [0.3, 0.4) is 0 Å². The van der Waals surface area contributed by atoms with Gasteiger partial charge in [0.2, 0.25) is 5.91 Å². The van der Waals surface area contributed by atoms with E-state index in [9.17, 15) is 4.79 Å². The lowest BCUT2D eigenvalue weighted by molar-refractivity contribution is -0.121. The van der Waals surface area contributed by atoms with E-state index in [0.29, 0.717) is 23.7 Å². The van der Waals surface area contributed by atoms with Crippen LogP contribution in [0.4, 0.5) is 0 Å². The number of rotatable bonds is 6. The minimum atomic E-state index is 0.0869. The summed E-state index contributed by atoms with van der Waals surface area (Å²) in [5.41, 5.74) is 1.15. The zero-order chi connectivity index (χ0) is 12.8. The van der Waals surface area contributed by atoms with Crippen molar-refractivity contribution in [2.24, 2.45) is 5.92 Å². The molecule has 17 heavy (non-hydrogen) atoms. The molecule has 0 atom stereocenters. The standard InChI is InChI=1S/C12H21N3OS/c1-4-10-8-14-12(17)15(10)6-5-11(16)13-7-9(2)3/h8-9H,4-7H2,1-3H3,(H,13,16)(H,14,17). The van der Waals surface area contributed by atoms with E-state index in [1.165, 1.54) is 0 Å². The number of aromatic amines is 1. The number of imidazole rings is 1. The van der Waals surface area contributed by atoms with E-state index in [1.807, 2.05) is 10.8 Å². The maximum absolute atomic E-state index is 11.6. The first-order chi connectivity index (χ1) is 8.04. The molecule has 0 aliphatic rings. The molecule has 0 aliphatic carbocycles. The third kappa shape index (κ3) is 4.34. The van der Waals surface area contributed by atoms with Gasteiger partial charge in [-0.25, -0.2) is 0 Å². The minimum Gasteiger partial charge on any atom is -0.356 e. The van der Waals surface area contributed by atoms with Gasteiger partial charge in [0.25, 0.3) is 0 Å². The summed E-state index contributed by atoms with van der Waals surface area (Å²) in [6.07, 6.45) is 3.31. The Kier molecular flexibility index (Phi) is 5.41. The van der Waals surface area contributed by atoms with Gasteiger partial charge in [-0.3, -0.25) is 4.79 Å². The predicted molar refractivity (Wildman–Crippen MR) is 71.5 cm³/mol. The van der Waals surface area contributed by atoms with Crippen LogP contribution < -0.4 is 5.32 Å². The van der Waals surface area contributed by atoms with Crippen LogP contribution in [-0.2, 0) is 17.8 Å². The van der Waals surface area contributed by atoms with Crippen molar-refractivity contribution in [3.05, 3.63) is 16.7 Å². The van der Waals surface area contributed by atoms with Crippen molar-refractivity contribution in [3.8, 4) is 0 Å². The molecule has 0 bridgehead atoms. The van der Waals surface area contributed by atoms with Crippen LogP contribution in [0.1, 0.15) is 32.9 Å². The summed E-state index contributed by atoms with van der Waals surface area (Å²) in [7, 11) is 0. The zero-order valence-corrected chi connectivity index (χ0v) is 11.6. The Morgan fingerprint density at radius 1 is 1.59 bits per heavy atom. The van der Waals surface area contributed by atoms with Gasteiger partial charge >= 0.3 is 0 Å². The number of amides is 1. The number of carbonyl (C=O) groups excluding carboxylic acids is 1. The molecule has 1 amide bonds. The highest BCUT2D eigenvalue weighted by Crippen LogP contribution is 2.04. The molecule has 1 aromatic heterocycles. The van der Waals surface area contributed by atoms with Gasteiger partial charge in [0.1, 0.15) is 0 Å². The number of hydrogen-bond acceptors (Lipinski definition) is 2. The van der Waals surface area contributed by atoms with Crippen molar-refractivity contribution >= 4 is 18.1 Å². The van der Waals surface area contributed by atoms with E-state index >= 15 is 0 Å². The molecule has 0 aromatic carbocycles. The SMILES string of the molecule is CCc1c[nH]c(=S)n1CCC(=O)NCC(C)C. The fourth-order valence-corrected chi connectivity index (χ4v) is 1.86. The van der Waals surface area contributed by atoms with Crippen LogP contribution in [-0.4, -0.2) is 22.0 Å². The predicted octanol–water partition coefficient (Wildman–Crippen LogP) is 2.27. The Hall–Kier alpha value is -1.10. The highest BCUT2D eigenvalue weighted by molar-refractivity contribution is 7.71. The normalized spacial score (nSPS) is 10.8. The van der Waals surface area contributed by atoms with E-state index in [4.69, 9.17) is 12.2 Å². The lowest BCUT2D eigenvalue weighted by atomic mass is 10.2. The van der Waals surface area contributed by atoms with Gasteiger partial charge < -0.3 is 14.9 Å². The number of carbonyl (C=O) groups is 1. The molecular weight excluding hydrogens is 234 g/mol. The van der Waals surface area contributed by atoms with Crippen molar-refractivity contribution in [3.63, 3.8) is 0 Å². The summed E-state index contributed by atoms with van der Waals surface area (Å²) in [5, 5.41) is 2.90. The van der Waals surface area contributed by atoms with Crippen molar-refractivity contribution in [2.45, 2.75) is 40.2 Å². The Morgan fingerprint density at radius 2 is 2.29 bits per heavy atom. The molecule has 0 aliphatic heterocycles. The summed E-state index contributed by atoms with van der Waals surface area (Å²) in [6.45, 7) is 7.62. The van der Waals surface area contributed by atoms with Gasteiger partial charge in [-0.1, -0.05) is 20.8 Å². The molecule has 0 fully saturated rings. The van der Waals surface area contributed by atoms with Crippen molar-refractivity contribution < 1.29 is 4.79 Å². The number of nitrogens with zero attached hydrogens (tertiary/aromatic N) is 1. The van der Waals surface area contributed by atoms with Gasteiger partial charge in [-0.15, -0.1) is 0 Å². The van der Waals surface area contributed by atoms with Crippen molar-refractivity contribution in [1.29, 1.82) is 0 Å². The molecule has 96 valence electrons. The molecule has 1 heterocycles. The smallest absolute Gasteiger partial charge is 0.221 e. The van der Waals surface area contributed by atoms with Gasteiger partial charge in [0.15, 0.2) is 4.77 Å². The molecule has 1 rings (SSSR count). The monoisotopic (exact) mass is 255 g/mol. The Morgan fingerprint density at radius 3 is 2.88 bits per heavy atom. The average Bonchev–Trinajstić information content (AvgIpc) is 2.64. The maximum Gasteiger partial charge on any atom is 0.221 e. The van der Waals surface area contributed by atoms with Crippen LogP contribution in [0.15, 0.2) is 6.20 Å². The van der Waals surface area contributed by atoms with Crippen LogP contribution in [0.5, 0.6) is 0 Å². The van der Waals surface area contributed by atoms with E-state index < -0.39 is 0 Å². The van der Waals surface area contributed by atoms with Gasteiger partial charge in [-0.05, 0) is 24.6 Å². The number of aromatic nitrogens is 2. The summed E-state index contributed by atoms with van der Waals surface area (Å²) < 4.78 is 2.68. The Labute approximate surface area is 107 Å². The second-order valence-electron chi connectivity index (χ2n) is 4.54. The number of H-pyrrole nitrogens is 1. The van der Waals surface area contributed by atoms with Crippen molar-refractivity contribution in [2.75, 3.05) is 6.54 Å². The zero-order valence-electron chi connectivity index (χ0n) is 10.7. The first-order valence-corrected chi connectivity index (χ1v) is 6.49. The molecule has 0 spiro atoms. The van der Waals surface area contributed by atoms with Crippen LogP contribution >= 0.6 is 12.2 Å². The molecule has 2 N–H and O–H groups in total. The third-order valence-corrected chi connectivity index (χ3v) is 2.92. The summed E-state index contributed by atoms with van der Waals surface area (Å²) >= 11 is 5.17. The highest BCUT2D eigenvalue weighted by Gasteiger charge is 2.06. The second-order valence-corrected chi connectivity index (χ2v) is 4.92. The summed E-state index contributed by atoms with van der Waals surface area (Å²) in [4.78, 5) is 14.6. The largest absolute Gasteiger partial charge is 0.356 e. The first-order valence-electron chi connectivity index (χ1n) is 6.08. The lowest BCUT2D eigenvalue weighted by Crippen LogP contribution is -2.28. The molecule has 0 saturated heterocycles. The molecule has 0 unspecified atom stereocenters. The molecule has 0 saturated carbocycles. The number of aryl methyl sites for hydroxylation is 1.